The topological polar surface area (TPSA) is 85.4 Å². The molecule has 0 amide bonds. The number of ether oxygens (including phenoxy) is 3. The van der Waals surface area contributed by atoms with E-state index in [0.717, 1.165) is 57.8 Å². The van der Waals surface area contributed by atoms with Crippen LogP contribution in [-0.4, -0.2) is 48.6 Å². The molecule has 0 aliphatic carbocycles. The maximum absolute atomic E-state index is 12.2. The largest absolute Gasteiger partial charge is 0.462 e. The summed E-state index contributed by atoms with van der Waals surface area (Å²) >= 11 is 0. The molecule has 0 saturated carbocycles. The SMILES string of the molecule is CCCCCCCCCCCCCCCCCCCCC(=O)OC[C@H](CO)OC(=O)CCCCCCC/C=C\CC1OC1CCCCC. The van der Waals surface area contributed by atoms with Crippen molar-refractivity contribution < 1.29 is 28.9 Å². The van der Waals surface area contributed by atoms with Gasteiger partial charge in [-0.15, -0.1) is 0 Å². The van der Waals surface area contributed by atoms with Gasteiger partial charge in [0.2, 0.25) is 0 Å². The Morgan fingerprint density at radius 3 is 1.56 bits per heavy atom. The molecule has 0 spiro atoms. The number of hydrogen-bond donors (Lipinski definition) is 1. The summed E-state index contributed by atoms with van der Waals surface area (Å²) in [6.07, 6.45) is 41.6. The quantitative estimate of drug-likeness (QED) is 0.0305. The summed E-state index contributed by atoms with van der Waals surface area (Å²) in [7, 11) is 0. The molecule has 1 saturated heterocycles. The van der Waals surface area contributed by atoms with Crippen molar-refractivity contribution in [1.29, 1.82) is 0 Å². The first-order valence-corrected chi connectivity index (χ1v) is 20.9. The molecule has 6 heteroatoms. The van der Waals surface area contributed by atoms with Crippen LogP contribution >= 0.6 is 0 Å². The van der Waals surface area contributed by atoms with Crippen molar-refractivity contribution in [2.45, 2.75) is 231 Å². The van der Waals surface area contributed by atoms with Crippen molar-refractivity contribution in [2.75, 3.05) is 13.2 Å². The summed E-state index contributed by atoms with van der Waals surface area (Å²) in [6.45, 7) is 4.11. The van der Waals surface area contributed by atoms with Crippen molar-refractivity contribution >= 4 is 11.9 Å². The highest BCUT2D eigenvalue weighted by Crippen LogP contribution is 2.30. The second-order valence-corrected chi connectivity index (χ2v) is 14.5. The summed E-state index contributed by atoms with van der Waals surface area (Å²) in [5.41, 5.74) is 0. The minimum absolute atomic E-state index is 0.0694. The molecule has 2 unspecified atom stereocenters. The number of carbonyl (C=O) groups excluding carboxylic acids is 2. The number of esters is 2. The molecule has 1 aliphatic heterocycles. The van der Waals surface area contributed by atoms with Gasteiger partial charge < -0.3 is 19.3 Å². The normalized spacial score (nSPS) is 16.4. The van der Waals surface area contributed by atoms with E-state index in [4.69, 9.17) is 14.2 Å². The third kappa shape index (κ3) is 29.5. The molecule has 1 aliphatic rings. The van der Waals surface area contributed by atoms with Gasteiger partial charge in [0.15, 0.2) is 6.10 Å². The lowest BCUT2D eigenvalue weighted by Crippen LogP contribution is -2.28. The minimum Gasteiger partial charge on any atom is -0.462 e. The third-order valence-corrected chi connectivity index (χ3v) is 9.73. The van der Waals surface area contributed by atoms with Crippen LogP contribution in [0.4, 0.5) is 0 Å². The van der Waals surface area contributed by atoms with Crippen LogP contribution in [0.3, 0.4) is 0 Å². The molecule has 3 atom stereocenters. The van der Waals surface area contributed by atoms with Gasteiger partial charge in [0, 0.05) is 12.8 Å². The Kier molecular flexibility index (Phi) is 31.7. The van der Waals surface area contributed by atoms with Crippen LogP contribution in [0.5, 0.6) is 0 Å². The van der Waals surface area contributed by atoms with Gasteiger partial charge in [-0.25, -0.2) is 0 Å². The number of epoxide rings is 1. The third-order valence-electron chi connectivity index (χ3n) is 9.73. The Morgan fingerprint density at radius 1 is 0.583 bits per heavy atom. The van der Waals surface area contributed by atoms with E-state index in [0.29, 0.717) is 25.0 Å². The van der Waals surface area contributed by atoms with E-state index in [1.165, 1.54) is 128 Å². The Balaban J connectivity index is 1.84. The smallest absolute Gasteiger partial charge is 0.306 e. The number of allylic oxidation sites excluding steroid dienone is 1. The predicted molar refractivity (Wildman–Crippen MR) is 200 cm³/mol. The zero-order valence-electron chi connectivity index (χ0n) is 31.7. The number of unbranched alkanes of at least 4 members (excludes halogenated alkanes) is 24. The highest BCUT2D eigenvalue weighted by Gasteiger charge is 2.36. The molecule has 48 heavy (non-hydrogen) atoms. The summed E-state index contributed by atoms with van der Waals surface area (Å²) in [4.78, 5) is 24.3. The predicted octanol–water partition coefficient (Wildman–Crippen LogP) is 11.9. The molecule has 1 fully saturated rings. The van der Waals surface area contributed by atoms with Crippen molar-refractivity contribution in [3.63, 3.8) is 0 Å². The second-order valence-electron chi connectivity index (χ2n) is 14.5. The standard InChI is InChI=1S/C42H78O6/c1-3-5-7-8-9-10-11-12-13-14-15-16-17-18-19-23-26-30-34-41(44)46-37-38(36-43)47-42(45)35-31-27-24-21-20-22-25-29-33-40-39(48-40)32-28-6-4-2/h25,29,38-40,43H,3-24,26-28,30-37H2,1-2H3/b29-25-/t38-,39?,40?/m0/s1. The van der Waals surface area contributed by atoms with Crippen molar-refractivity contribution in [1.82, 2.24) is 0 Å². The van der Waals surface area contributed by atoms with Crippen LogP contribution in [0.2, 0.25) is 0 Å². The van der Waals surface area contributed by atoms with Gasteiger partial charge in [-0.1, -0.05) is 174 Å². The average Bonchev–Trinajstić information content (AvgIpc) is 3.84. The van der Waals surface area contributed by atoms with E-state index in [1.54, 1.807) is 0 Å². The molecular weight excluding hydrogens is 600 g/mol. The van der Waals surface area contributed by atoms with Gasteiger partial charge in [-0.05, 0) is 38.5 Å². The summed E-state index contributed by atoms with van der Waals surface area (Å²) in [5, 5.41) is 9.57. The lowest BCUT2D eigenvalue weighted by molar-refractivity contribution is -0.161. The minimum atomic E-state index is -0.777. The summed E-state index contributed by atoms with van der Waals surface area (Å²) in [6, 6.07) is 0. The average molecular weight is 679 g/mol. The Labute approximate surface area is 296 Å². The van der Waals surface area contributed by atoms with Crippen LogP contribution in [0.15, 0.2) is 12.2 Å². The molecule has 1 heterocycles. The molecule has 0 bridgehead atoms. The fraction of sp³-hybridized carbons (Fsp3) is 0.905. The number of hydrogen-bond acceptors (Lipinski definition) is 6. The number of rotatable bonds is 37. The first-order chi connectivity index (χ1) is 23.6. The highest BCUT2D eigenvalue weighted by molar-refractivity contribution is 5.70. The van der Waals surface area contributed by atoms with Crippen LogP contribution in [0.1, 0.15) is 213 Å². The fourth-order valence-electron chi connectivity index (χ4n) is 6.44. The maximum Gasteiger partial charge on any atom is 0.306 e. The molecule has 0 aromatic heterocycles. The summed E-state index contributed by atoms with van der Waals surface area (Å²) in [5.74, 6) is -0.602. The van der Waals surface area contributed by atoms with Gasteiger partial charge >= 0.3 is 11.9 Å². The van der Waals surface area contributed by atoms with E-state index >= 15 is 0 Å². The van der Waals surface area contributed by atoms with Crippen molar-refractivity contribution in [2.24, 2.45) is 0 Å². The molecule has 0 radical (unpaired) electrons. The maximum atomic E-state index is 12.2. The van der Waals surface area contributed by atoms with E-state index in [1.807, 2.05) is 0 Å². The van der Waals surface area contributed by atoms with Crippen molar-refractivity contribution in [3.8, 4) is 0 Å². The molecule has 282 valence electrons. The van der Waals surface area contributed by atoms with Crippen LogP contribution < -0.4 is 0 Å². The Hall–Kier alpha value is -1.40. The van der Waals surface area contributed by atoms with E-state index in [9.17, 15) is 14.7 Å². The first-order valence-electron chi connectivity index (χ1n) is 20.9. The monoisotopic (exact) mass is 679 g/mol. The van der Waals surface area contributed by atoms with Crippen LogP contribution in [0.25, 0.3) is 0 Å². The first kappa shape index (κ1) is 44.6. The van der Waals surface area contributed by atoms with E-state index < -0.39 is 6.10 Å². The lowest BCUT2D eigenvalue weighted by atomic mass is 10.0. The molecule has 6 nitrogen and oxygen atoms in total. The van der Waals surface area contributed by atoms with E-state index in [2.05, 4.69) is 26.0 Å². The molecular formula is C42H78O6. The highest BCUT2D eigenvalue weighted by atomic mass is 16.6. The zero-order chi connectivity index (χ0) is 34.8. The fourth-order valence-corrected chi connectivity index (χ4v) is 6.44. The van der Waals surface area contributed by atoms with Crippen LogP contribution in [-0.2, 0) is 23.8 Å². The van der Waals surface area contributed by atoms with Gasteiger partial charge in [-0.2, -0.15) is 0 Å². The number of carbonyl (C=O) groups is 2. The van der Waals surface area contributed by atoms with E-state index in [-0.39, 0.29) is 25.2 Å². The second kappa shape index (κ2) is 34.1. The Bertz CT molecular complexity index is 752. The Morgan fingerprint density at radius 2 is 1.04 bits per heavy atom. The molecule has 1 rings (SSSR count). The van der Waals surface area contributed by atoms with Crippen LogP contribution in [0, 0.1) is 0 Å². The number of aliphatic hydroxyl groups is 1. The lowest BCUT2D eigenvalue weighted by Gasteiger charge is -2.15. The number of aliphatic hydroxyl groups excluding tert-OH is 1. The molecule has 0 aromatic rings. The zero-order valence-corrected chi connectivity index (χ0v) is 31.7. The van der Waals surface area contributed by atoms with Gasteiger partial charge in [0.1, 0.15) is 6.61 Å². The van der Waals surface area contributed by atoms with Gasteiger partial charge in [0.25, 0.3) is 0 Å². The molecule has 0 aromatic carbocycles. The van der Waals surface area contributed by atoms with Crippen molar-refractivity contribution in [3.05, 3.63) is 12.2 Å². The van der Waals surface area contributed by atoms with Gasteiger partial charge in [0.05, 0.1) is 18.8 Å². The molecule has 1 N–H and O–H groups in total. The summed E-state index contributed by atoms with van der Waals surface area (Å²) < 4.78 is 16.4. The van der Waals surface area contributed by atoms with Gasteiger partial charge in [-0.3, -0.25) is 9.59 Å².